The van der Waals surface area contributed by atoms with Gasteiger partial charge in [-0.2, -0.15) is 0 Å². The molecule has 0 heterocycles. The molecular weight excluding hydrogens is 240 g/mol. The maximum absolute atomic E-state index is 11.5. The molecule has 1 saturated carbocycles. The van der Waals surface area contributed by atoms with Crippen molar-refractivity contribution in [2.45, 2.75) is 38.8 Å². The molecule has 0 aromatic heterocycles. The molecule has 3 N–H and O–H groups in total. The van der Waals surface area contributed by atoms with Gasteiger partial charge in [-0.3, -0.25) is 4.79 Å². The molecule has 1 aromatic carbocycles. The van der Waals surface area contributed by atoms with Crippen molar-refractivity contribution >= 4 is 11.6 Å². The monoisotopic (exact) mass is 262 g/mol. The minimum Gasteiger partial charge on any atom is -0.392 e. The standard InChI is InChI=1S/C15H22N2O2/c1-15(2)12(9-13(15)18)17-11-7-5-4-6-10(11)8-14(19)16-3/h4-7,12-13,17-18H,8-9H2,1-3H3,(H,16,19). The van der Waals surface area contributed by atoms with Crippen LogP contribution in [0.2, 0.25) is 0 Å². The van der Waals surface area contributed by atoms with Crippen LogP contribution >= 0.6 is 0 Å². The molecule has 4 heteroatoms. The predicted molar refractivity (Wildman–Crippen MR) is 76.0 cm³/mol. The van der Waals surface area contributed by atoms with Gasteiger partial charge in [0.05, 0.1) is 12.5 Å². The molecule has 0 aliphatic heterocycles. The fraction of sp³-hybridized carbons (Fsp3) is 0.533. The summed E-state index contributed by atoms with van der Waals surface area (Å²) >= 11 is 0. The van der Waals surface area contributed by atoms with E-state index in [1.807, 2.05) is 24.3 Å². The maximum atomic E-state index is 11.5. The maximum Gasteiger partial charge on any atom is 0.224 e. The highest BCUT2D eigenvalue weighted by Gasteiger charge is 2.47. The van der Waals surface area contributed by atoms with Crippen molar-refractivity contribution in [1.82, 2.24) is 5.32 Å². The highest BCUT2D eigenvalue weighted by atomic mass is 16.3. The summed E-state index contributed by atoms with van der Waals surface area (Å²) in [4.78, 5) is 11.5. The van der Waals surface area contributed by atoms with E-state index < -0.39 is 0 Å². The molecule has 4 nitrogen and oxygen atoms in total. The Hall–Kier alpha value is -1.55. The van der Waals surface area contributed by atoms with E-state index in [1.54, 1.807) is 7.05 Å². The van der Waals surface area contributed by atoms with Gasteiger partial charge in [-0.25, -0.2) is 0 Å². The molecular formula is C15H22N2O2. The van der Waals surface area contributed by atoms with Gasteiger partial charge < -0.3 is 15.7 Å². The second-order valence-corrected chi connectivity index (χ2v) is 5.78. The fourth-order valence-electron chi connectivity index (χ4n) is 2.41. The largest absolute Gasteiger partial charge is 0.392 e. The van der Waals surface area contributed by atoms with Gasteiger partial charge in [0, 0.05) is 24.2 Å². The van der Waals surface area contributed by atoms with Gasteiger partial charge in [-0.05, 0) is 18.1 Å². The zero-order chi connectivity index (χ0) is 14.0. The third-order valence-electron chi connectivity index (χ3n) is 4.19. The van der Waals surface area contributed by atoms with E-state index in [0.29, 0.717) is 6.42 Å². The Bertz CT molecular complexity index is 471. The summed E-state index contributed by atoms with van der Waals surface area (Å²) in [7, 11) is 1.64. The lowest BCUT2D eigenvalue weighted by Crippen LogP contribution is -2.57. The summed E-state index contributed by atoms with van der Waals surface area (Å²) < 4.78 is 0. The number of hydrogen-bond acceptors (Lipinski definition) is 3. The minimum absolute atomic E-state index is 0.00199. The van der Waals surface area contributed by atoms with E-state index >= 15 is 0 Å². The van der Waals surface area contributed by atoms with Crippen LogP contribution in [0.4, 0.5) is 5.69 Å². The molecule has 1 aliphatic carbocycles. The van der Waals surface area contributed by atoms with E-state index in [2.05, 4.69) is 24.5 Å². The van der Waals surface area contributed by atoms with E-state index in [1.165, 1.54) is 0 Å². The van der Waals surface area contributed by atoms with Crippen molar-refractivity contribution in [1.29, 1.82) is 0 Å². The SMILES string of the molecule is CNC(=O)Cc1ccccc1NC1CC(O)C1(C)C. The summed E-state index contributed by atoms with van der Waals surface area (Å²) in [6, 6.07) is 8.08. The van der Waals surface area contributed by atoms with Gasteiger partial charge in [0.25, 0.3) is 0 Å². The number of anilines is 1. The van der Waals surface area contributed by atoms with Crippen molar-refractivity contribution in [2.75, 3.05) is 12.4 Å². The van der Waals surface area contributed by atoms with E-state index in [-0.39, 0.29) is 23.5 Å². The molecule has 2 unspecified atom stereocenters. The summed E-state index contributed by atoms with van der Waals surface area (Å²) in [5, 5.41) is 15.9. The Morgan fingerprint density at radius 3 is 2.68 bits per heavy atom. The number of nitrogens with one attached hydrogen (secondary N) is 2. The van der Waals surface area contributed by atoms with Crippen LogP contribution in [0.3, 0.4) is 0 Å². The van der Waals surface area contributed by atoms with E-state index in [9.17, 15) is 9.90 Å². The van der Waals surface area contributed by atoms with Crippen LogP contribution in [-0.2, 0) is 11.2 Å². The van der Waals surface area contributed by atoms with Crippen molar-refractivity contribution in [3.8, 4) is 0 Å². The summed E-state index contributed by atoms with van der Waals surface area (Å²) in [6.45, 7) is 4.11. The third kappa shape index (κ3) is 2.73. The highest BCUT2D eigenvalue weighted by Crippen LogP contribution is 2.42. The molecule has 104 valence electrons. The molecule has 1 fully saturated rings. The Balaban J connectivity index is 2.11. The molecule has 0 saturated heterocycles. The normalized spacial score (nSPS) is 24.4. The number of hydrogen-bond donors (Lipinski definition) is 3. The quantitative estimate of drug-likeness (QED) is 0.771. The molecule has 19 heavy (non-hydrogen) atoms. The number of benzene rings is 1. The van der Waals surface area contributed by atoms with Gasteiger partial charge in [-0.1, -0.05) is 32.0 Å². The number of para-hydroxylation sites is 1. The van der Waals surface area contributed by atoms with Crippen molar-refractivity contribution in [2.24, 2.45) is 5.41 Å². The Kier molecular flexibility index (Phi) is 3.80. The molecule has 0 spiro atoms. The molecule has 2 rings (SSSR count). The van der Waals surface area contributed by atoms with E-state index in [4.69, 9.17) is 0 Å². The summed E-state index contributed by atoms with van der Waals surface area (Å²) in [6.07, 6.45) is 0.868. The predicted octanol–water partition coefficient (Wildman–Crippen LogP) is 1.55. The first-order valence-electron chi connectivity index (χ1n) is 6.68. The van der Waals surface area contributed by atoms with Crippen LogP contribution < -0.4 is 10.6 Å². The first-order valence-corrected chi connectivity index (χ1v) is 6.68. The van der Waals surface area contributed by atoms with Gasteiger partial charge in [0.1, 0.15) is 0 Å². The number of aliphatic hydroxyl groups excluding tert-OH is 1. The van der Waals surface area contributed by atoms with Crippen LogP contribution in [0.25, 0.3) is 0 Å². The lowest BCUT2D eigenvalue weighted by molar-refractivity contribution is -0.119. The fourth-order valence-corrected chi connectivity index (χ4v) is 2.41. The first kappa shape index (κ1) is 13.9. The molecule has 0 radical (unpaired) electrons. The van der Waals surface area contributed by atoms with Crippen molar-refractivity contribution in [3.63, 3.8) is 0 Å². The number of amides is 1. The highest BCUT2D eigenvalue weighted by molar-refractivity contribution is 5.80. The third-order valence-corrected chi connectivity index (χ3v) is 4.19. The zero-order valence-corrected chi connectivity index (χ0v) is 11.7. The van der Waals surface area contributed by atoms with Crippen LogP contribution in [-0.4, -0.2) is 30.2 Å². The van der Waals surface area contributed by atoms with Crippen molar-refractivity contribution in [3.05, 3.63) is 29.8 Å². The molecule has 1 aromatic rings. The van der Waals surface area contributed by atoms with Crippen LogP contribution in [0.5, 0.6) is 0 Å². The topological polar surface area (TPSA) is 61.4 Å². The van der Waals surface area contributed by atoms with Crippen molar-refractivity contribution < 1.29 is 9.90 Å². The average Bonchev–Trinajstić information content (AvgIpc) is 2.40. The van der Waals surface area contributed by atoms with Gasteiger partial charge in [0.2, 0.25) is 5.91 Å². The Morgan fingerprint density at radius 2 is 2.11 bits per heavy atom. The number of aliphatic hydroxyl groups is 1. The molecule has 1 aliphatic rings. The smallest absolute Gasteiger partial charge is 0.224 e. The second kappa shape index (κ2) is 5.21. The van der Waals surface area contributed by atoms with Gasteiger partial charge in [-0.15, -0.1) is 0 Å². The number of likely N-dealkylation sites (N-methyl/N-ethyl adjacent to an activating group) is 1. The number of carbonyl (C=O) groups excluding carboxylic acids is 1. The van der Waals surface area contributed by atoms with E-state index in [0.717, 1.165) is 17.7 Å². The molecule has 2 atom stereocenters. The summed E-state index contributed by atoms with van der Waals surface area (Å²) in [5.74, 6) is 0.00199. The second-order valence-electron chi connectivity index (χ2n) is 5.78. The Labute approximate surface area is 114 Å². The number of rotatable bonds is 4. The van der Waals surface area contributed by atoms with Crippen LogP contribution in [0.15, 0.2) is 24.3 Å². The van der Waals surface area contributed by atoms with Gasteiger partial charge >= 0.3 is 0 Å². The average molecular weight is 262 g/mol. The lowest BCUT2D eigenvalue weighted by Gasteiger charge is -2.50. The Morgan fingerprint density at radius 1 is 1.42 bits per heavy atom. The minimum atomic E-state index is -0.254. The van der Waals surface area contributed by atoms with Crippen LogP contribution in [0.1, 0.15) is 25.8 Å². The zero-order valence-electron chi connectivity index (χ0n) is 11.7. The molecule has 0 bridgehead atoms. The lowest BCUT2D eigenvalue weighted by atomic mass is 9.64. The van der Waals surface area contributed by atoms with Gasteiger partial charge in [0.15, 0.2) is 0 Å². The summed E-state index contributed by atoms with van der Waals surface area (Å²) in [5.41, 5.74) is 1.84. The number of carbonyl (C=O) groups is 1. The molecule has 1 amide bonds. The van der Waals surface area contributed by atoms with Crippen LogP contribution in [0, 0.1) is 5.41 Å². The first-order chi connectivity index (χ1) is 8.95.